The smallest absolute Gasteiger partial charge is 0.187 e. The van der Waals surface area contributed by atoms with Crippen LogP contribution in [-0.2, 0) is 23.7 Å². The molecule has 3 heterocycles. The van der Waals surface area contributed by atoms with Gasteiger partial charge in [0, 0.05) is 24.2 Å². The van der Waals surface area contributed by atoms with Gasteiger partial charge in [0.1, 0.15) is 54.9 Å². The summed E-state index contributed by atoms with van der Waals surface area (Å²) < 4.78 is 29.6. The number of fused-ring (bicyclic) bond motifs is 7. The Bertz CT molecular complexity index is 1360. The second kappa shape index (κ2) is 15.3. The fourth-order valence-electron chi connectivity index (χ4n) is 12.2. The van der Waals surface area contributed by atoms with Crippen LogP contribution >= 0.6 is 0 Å². The summed E-state index contributed by atoms with van der Waals surface area (Å²) in [6.07, 6.45) is -9.32. The van der Waals surface area contributed by atoms with Crippen LogP contribution in [0.3, 0.4) is 0 Å². The number of hydrogen-bond acceptors (Lipinski definition) is 15. The van der Waals surface area contributed by atoms with Crippen molar-refractivity contribution in [1.82, 2.24) is 0 Å². The molecule has 21 atom stereocenters. The van der Waals surface area contributed by atoms with Crippen LogP contribution in [0.15, 0.2) is 11.3 Å². The predicted octanol–water partition coefficient (Wildman–Crippen LogP) is -0.568. The summed E-state index contributed by atoms with van der Waals surface area (Å²) in [5, 5.41) is 104. The first-order valence-corrected chi connectivity index (χ1v) is 20.1. The molecule has 0 aromatic heterocycles. The maximum absolute atomic E-state index is 12.4. The minimum absolute atomic E-state index is 0.0311. The van der Waals surface area contributed by atoms with E-state index in [-0.39, 0.29) is 36.4 Å². The lowest BCUT2D eigenvalue weighted by molar-refractivity contribution is -0.333. The van der Waals surface area contributed by atoms with Crippen molar-refractivity contribution < 1.29 is 74.7 Å². The van der Waals surface area contributed by atoms with Crippen molar-refractivity contribution in [2.75, 3.05) is 19.8 Å². The SMILES string of the molecule is CC1=C(CC[C@H](C)CO[C@@H]2O[C@H](CO)[C@@H](O)[C@H](O)[C@H]2O)O[C@H]2C[C@H]3[C@@H]4CC[C@]5(O)C[C@@H](O[C@@H]6O[C@H](CO)[C@@H](O)[C@H](O)[C@H]6O)[C@@H](O)C[C@]5(C)[C@H]4CC[C@]3(C)[C@@H]12. The average molecular weight is 773 g/mol. The summed E-state index contributed by atoms with van der Waals surface area (Å²) in [4.78, 5) is 0. The second-order valence-corrected chi connectivity index (χ2v) is 18.4. The fraction of sp³-hybridized carbons (Fsp3) is 0.949. The molecule has 15 nitrogen and oxygen atoms in total. The molecule has 4 aliphatic carbocycles. The summed E-state index contributed by atoms with van der Waals surface area (Å²) >= 11 is 0. The molecule has 15 heteroatoms. The van der Waals surface area contributed by atoms with Gasteiger partial charge >= 0.3 is 0 Å². The van der Waals surface area contributed by atoms with E-state index in [9.17, 15) is 51.1 Å². The number of rotatable bonds is 10. The van der Waals surface area contributed by atoms with Crippen molar-refractivity contribution in [3.63, 3.8) is 0 Å². The van der Waals surface area contributed by atoms with Crippen LogP contribution in [0.5, 0.6) is 0 Å². The number of allylic oxidation sites excluding steroid dienone is 1. The highest BCUT2D eigenvalue weighted by Crippen LogP contribution is 2.70. The van der Waals surface area contributed by atoms with Crippen molar-refractivity contribution in [3.8, 4) is 0 Å². The van der Waals surface area contributed by atoms with Gasteiger partial charge in [-0.15, -0.1) is 0 Å². The first kappa shape index (κ1) is 41.2. The lowest BCUT2D eigenvalue weighted by Gasteiger charge is -2.64. The molecular formula is C39H64O15. The van der Waals surface area contributed by atoms with Crippen molar-refractivity contribution in [2.24, 2.45) is 40.4 Å². The van der Waals surface area contributed by atoms with Crippen LogP contribution in [0.2, 0.25) is 0 Å². The maximum Gasteiger partial charge on any atom is 0.187 e. The van der Waals surface area contributed by atoms with E-state index in [0.717, 1.165) is 44.3 Å². The van der Waals surface area contributed by atoms with Gasteiger partial charge in [0.2, 0.25) is 0 Å². The van der Waals surface area contributed by atoms with E-state index >= 15 is 0 Å². The molecule has 3 aliphatic heterocycles. The summed E-state index contributed by atoms with van der Waals surface area (Å²) in [6.45, 7) is 7.91. The Balaban J connectivity index is 0.967. The Kier molecular flexibility index (Phi) is 11.7. The van der Waals surface area contributed by atoms with E-state index in [1.165, 1.54) is 5.57 Å². The molecule has 4 saturated carbocycles. The number of aliphatic hydroxyl groups is 10. The normalized spacial score (nSPS) is 53.6. The van der Waals surface area contributed by atoms with Crippen LogP contribution in [0.1, 0.15) is 85.5 Å². The molecule has 0 aromatic carbocycles. The lowest BCUT2D eigenvalue weighted by atomic mass is 9.43. The molecule has 2 saturated heterocycles. The molecule has 7 aliphatic rings. The highest BCUT2D eigenvalue weighted by molar-refractivity contribution is 5.27. The van der Waals surface area contributed by atoms with E-state index in [1.54, 1.807) is 0 Å². The Morgan fingerprint density at radius 1 is 0.796 bits per heavy atom. The van der Waals surface area contributed by atoms with Gasteiger partial charge < -0.3 is 74.7 Å². The van der Waals surface area contributed by atoms with Crippen molar-refractivity contribution in [3.05, 3.63) is 11.3 Å². The number of ether oxygens (including phenoxy) is 5. The molecule has 7 rings (SSSR count). The van der Waals surface area contributed by atoms with E-state index < -0.39 is 97.8 Å². The molecule has 0 unspecified atom stereocenters. The quantitative estimate of drug-likeness (QED) is 0.125. The Morgan fingerprint density at radius 3 is 2.07 bits per heavy atom. The predicted molar refractivity (Wildman–Crippen MR) is 188 cm³/mol. The molecule has 0 bridgehead atoms. The highest BCUT2D eigenvalue weighted by Gasteiger charge is 2.68. The van der Waals surface area contributed by atoms with Gasteiger partial charge in [-0.1, -0.05) is 20.8 Å². The van der Waals surface area contributed by atoms with Crippen LogP contribution in [-0.4, -0.2) is 156 Å². The number of hydrogen-bond donors (Lipinski definition) is 10. The van der Waals surface area contributed by atoms with Gasteiger partial charge in [-0.2, -0.15) is 0 Å². The monoisotopic (exact) mass is 772 g/mol. The number of aliphatic hydroxyl groups excluding tert-OH is 9. The van der Waals surface area contributed by atoms with Gasteiger partial charge in [-0.05, 0) is 86.5 Å². The minimum atomic E-state index is -1.59. The van der Waals surface area contributed by atoms with Gasteiger partial charge in [0.15, 0.2) is 12.6 Å². The minimum Gasteiger partial charge on any atom is -0.494 e. The zero-order valence-corrected chi connectivity index (χ0v) is 31.9. The van der Waals surface area contributed by atoms with Gasteiger partial charge in [-0.25, -0.2) is 0 Å². The first-order valence-electron chi connectivity index (χ1n) is 20.1. The van der Waals surface area contributed by atoms with Gasteiger partial charge in [0.25, 0.3) is 0 Å². The fourth-order valence-corrected chi connectivity index (χ4v) is 12.2. The highest BCUT2D eigenvalue weighted by atomic mass is 16.7. The zero-order chi connectivity index (χ0) is 39.1. The van der Waals surface area contributed by atoms with Gasteiger partial charge in [-0.3, -0.25) is 0 Å². The third-order valence-electron chi connectivity index (χ3n) is 15.4. The topological polar surface area (TPSA) is 248 Å². The summed E-state index contributed by atoms with van der Waals surface area (Å²) in [7, 11) is 0. The second-order valence-electron chi connectivity index (χ2n) is 18.4. The average Bonchev–Trinajstić information content (AvgIpc) is 3.62. The largest absolute Gasteiger partial charge is 0.494 e. The third kappa shape index (κ3) is 6.69. The Labute approximate surface area is 316 Å². The zero-order valence-electron chi connectivity index (χ0n) is 31.9. The summed E-state index contributed by atoms with van der Waals surface area (Å²) in [5.41, 5.74) is -0.375. The lowest BCUT2D eigenvalue weighted by Crippen LogP contribution is -2.67. The van der Waals surface area contributed by atoms with Crippen molar-refractivity contribution in [2.45, 2.75) is 171 Å². The molecular weight excluding hydrogens is 708 g/mol. The third-order valence-corrected chi connectivity index (χ3v) is 15.4. The molecule has 0 aromatic rings. The van der Waals surface area contributed by atoms with Crippen molar-refractivity contribution >= 4 is 0 Å². The van der Waals surface area contributed by atoms with Crippen LogP contribution in [0.25, 0.3) is 0 Å². The molecule has 10 N–H and O–H groups in total. The molecule has 0 radical (unpaired) electrons. The van der Waals surface area contributed by atoms with Crippen LogP contribution in [0.4, 0.5) is 0 Å². The van der Waals surface area contributed by atoms with E-state index in [1.807, 2.05) is 6.92 Å². The molecule has 0 spiro atoms. The summed E-state index contributed by atoms with van der Waals surface area (Å²) in [6, 6.07) is 0. The van der Waals surface area contributed by atoms with E-state index in [4.69, 9.17) is 23.7 Å². The standard InChI is InChI=1S/C39H64O15/c1-17(16-50-35-33(47)31(45)29(43)26(14-40)53-35)5-6-23-18(2)28-24(51-23)11-21-19-7-10-39(49)13-25(52-36-34(48)32(46)30(44)27(15-41)54-36)22(42)12-38(39,4)20(19)8-9-37(21,28)3/h17,19-22,24-36,40-49H,5-16H2,1-4H3/t17-,19+,20-,21-,22-,24-,25+,26+,27+,28-,29+,30+,31-,32-,33+,34+,35+,36+,37-,38+,39-/m0/s1. The van der Waals surface area contributed by atoms with Crippen LogP contribution in [0, 0.1) is 40.4 Å². The Hall–Kier alpha value is -1.02. The molecule has 54 heavy (non-hydrogen) atoms. The van der Waals surface area contributed by atoms with Gasteiger partial charge in [0.05, 0.1) is 43.4 Å². The van der Waals surface area contributed by atoms with E-state index in [2.05, 4.69) is 20.8 Å². The summed E-state index contributed by atoms with van der Waals surface area (Å²) in [5.74, 6) is 2.34. The maximum atomic E-state index is 12.4. The molecule has 310 valence electrons. The van der Waals surface area contributed by atoms with Crippen LogP contribution < -0.4 is 0 Å². The first-order chi connectivity index (χ1) is 25.5. The van der Waals surface area contributed by atoms with E-state index in [0.29, 0.717) is 30.6 Å². The molecule has 0 amide bonds. The van der Waals surface area contributed by atoms with Crippen molar-refractivity contribution in [1.29, 1.82) is 0 Å². The Morgan fingerprint density at radius 2 is 1.43 bits per heavy atom. The molecule has 6 fully saturated rings.